The topological polar surface area (TPSA) is 76.2 Å². The Kier molecular flexibility index (Phi) is 6.18. The second-order valence-electron chi connectivity index (χ2n) is 7.48. The first-order valence-corrected chi connectivity index (χ1v) is 11.0. The molecule has 31 heavy (non-hydrogen) atoms. The summed E-state index contributed by atoms with van der Waals surface area (Å²) in [5, 5.41) is 1.36. The minimum absolute atomic E-state index is 0.185. The van der Waals surface area contributed by atoms with E-state index in [0.717, 1.165) is 46.7 Å². The first kappa shape index (κ1) is 21.2. The molecule has 7 nitrogen and oxygen atoms in total. The number of ether oxygens (including phenoxy) is 2. The molecule has 2 aliphatic heterocycles. The highest BCUT2D eigenvalue weighted by atomic mass is 32.2. The summed E-state index contributed by atoms with van der Waals surface area (Å²) in [5.41, 5.74) is 0.687. The number of carbonyl (C=O) groups is 3. The van der Waals surface area contributed by atoms with Crippen LogP contribution in [0.25, 0.3) is 16.8 Å². The smallest absolute Gasteiger partial charge is 0.294 e. The van der Waals surface area contributed by atoms with Gasteiger partial charge in [0.1, 0.15) is 18.0 Å². The van der Waals surface area contributed by atoms with Gasteiger partial charge in [-0.15, -0.1) is 0 Å². The zero-order chi connectivity index (χ0) is 22.0. The van der Waals surface area contributed by atoms with Crippen molar-refractivity contribution in [1.82, 2.24) is 9.80 Å². The maximum Gasteiger partial charge on any atom is 0.294 e. The normalized spacial score (nSPS) is 18.2. The summed E-state index contributed by atoms with van der Waals surface area (Å²) in [6.07, 6.45) is 4.68. The third-order valence-corrected chi connectivity index (χ3v) is 6.51. The van der Waals surface area contributed by atoms with E-state index in [1.165, 1.54) is 0 Å². The van der Waals surface area contributed by atoms with E-state index in [4.69, 9.17) is 9.47 Å². The van der Waals surface area contributed by atoms with E-state index in [-0.39, 0.29) is 17.4 Å². The molecule has 0 N–H and O–H groups in total. The lowest BCUT2D eigenvalue weighted by Crippen LogP contribution is -2.44. The van der Waals surface area contributed by atoms with Crippen molar-refractivity contribution >= 4 is 45.7 Å². The first-order valence-electron chi connectivity index (χ1n) is 10.2. The maximum atomic E-state index is 13.0. The zero-order valence-corrected chi connectivity index (χ0v) is 18.4. The van der Waals surface area contributed by atoms with Gasteiger partial charge < -0.3 is 14.4 Å². The van der Waals surface area contributed by atoms with Crippen molar-refractivity contribution in [1.29, 1.82) is 0 Å². The number of fused-ring (bicyclic) bond motifs is 1. The molecule has 2 aromatic carbocycles. The van der Waals surface area contributed by atoms with Crippen LogP contribution in [0.5, 0.6) is 11.5 Å². The molecule has 0 unspecified atom stereocenters. The van der Waals surface area contributed by atoms with E-state index in [1.54, 1.807) is 25.2 Å². The van der Waals surface area contributed by atoms with Crippen molar-refractivity contribution < 1.29 is 23.9 Å². The number of hydrogen-bond donors (Lipinski definition) is 0. The molecule has 0 aliphatic carbocycles. The van der Waals surface area contributed by atoms with E-state index in [1.807, 2.05) is 30.3 Å². The lowest BCUT2D eigenvalue weighted by atomic mass is 10.0. The Bertz CT molecular complexity index is 1070. The Labute approximate surface area is 185 Å². The summed E-state index contributed by atoms with van der Waals surface area (Å²) in [6, 6.07) is 9.40. The second-order valence-corrected chi connectivity index (χ2v) is 8.47. The number of methoxy groups -OCH3 is 2. The molecule has 3 amide bonds. The molecule has 2 saturated heterocycles. The molecule has 0 atom stereocenters. The minimum Gasteiger partial charge on any atom is -0.497 e. The molecule has 0 radical (unpaired) electrons. The van der Waals surface area contributed by atoms with Crippen LogP contribution in [0.1, 0.15) is 24.8 Å². The average Bonchev–Trinajstić information content (AvgIpc) is 3.06. The van der Waals surface area contributed by atoms with Crippen molar-refractivity contribution in [3.8, 4) is 11.5 Å². The van der Waals surface area contributed by atoms with Gasteiger partial charge in [-0.3, -0.25) is 19.3 Å². The molecule has 2 aliphatic rings. The summed E-state index contributed by atoms with van der Waals surface area (Å²) in [6.45, 7) is 1.14. The molecule has 0 spiro atoms. The van der Waals surface area contributed by atoms with Crippen LogP contribution in [0.15, 0.2) is 35.2 Å². The Hall–Kier alpha value is -3.00. The van der Waals surface area contributed by atoms with E-state index in [2.05, 4.69) is 0 Å². The quantitative estimate of drug-likeness (QED) is 0.657. The van der Waals surface area contributed by atoms with Crippen molar-refractivity contribution in [2.24, 2.45) is 0 Å². The summed E-state index contributed by atoms with van der Waals surface area (Å²) >= 11 is 0.844. The third kappa shape index (κ3) is 4.25. The van der Waals surface area contributed by atoms with Crippen LogP contribution in [0.2, 0.25) is 0 Å². The van der Waals surface area contributed by atoms with Gasteiger partial charge >= 0.3 is 0 Å². The van der Waals surface area contributed by atoms with E-state index >= 15 is 0 Å². The van der Waals surface area contributed by atoms with Crippen LogP contribution in [-0.4, -0.2) is 60.7 Å². The first-order chi connectivity index (χ1) is 15.0. The summed E-state index contributed by atoms with van der Waals surface area (Å²) < 4.78 is 10.8. The van der Waals surface area contributed by atoms with Crippen molar-refractivity contribution in [3.05, 3.63) is 40.8 Å². The van der Waals surface area contributed by atoms with Gasteiger partial charge in [-0.05, 0) is 66.1 Å². The molecule has 0 saturated carbocycles. The van der Waals surface area contributed by atoms with Crippen LogP contribution in [0.3, 0.4) is 0 Å². The average molecular weight is 441 g/mol. The summed E-state index contributed by atoms with van der Waals surface area (Å²) in [7, 11) is 3.15. The molecule has 8 heteroatoms. The number of thioether (sulfide) groups is 1. The maximum absolute atomic E-state index is 13.0. The second kappa shape index (κ2) is 9.01. The summed E-state index contributed by atoms with van der Waals surface area (Å²) in [5.74, 6) is 0.616. The number of benzene rings is 2. The monoisotopic (exact) mass is 440 g/mol. The van der Waals surface area contributed by atoms with Crippen LogP contribution in [0.4, 0.5) is 4.79 Å². The molecule has 2 fully saturated rings. The van der Waals surface area contributed by atoms with Crippen molar-refractivity contribution in [3.63, 3.8) is 0 Å². The highest BCUT2D eigenvalue weighted by Gasteiger charge is 2.37. The third-order valence-electron chi connectivity index (χ3n) is 5.60. The van der Waals surface area contributed by atoms with Crippen LogP contribution >= 0.6 is 11.8 Å². The van der Waals surface area contributed by atoms with Gasteiger partial charge in [0.25, 0.3) is 11.1 Å². The Morgan fingerprint density at radius 3 is 2.52 bits per heavy atom. The van der Waals surface area contributed by atoms with Gasteiger partial charge in [0.05, 0.1) is 19.1 Å². The van der Waals surface area contributed by atoms with Gasteiger partial charge in [0.15, 0.2) is 0 Å². The van der Waals surface area contributed by atoms with Crippen LogP contribution in [0, 0.1) is 0 Å². The number of hydrogen-bond acceptors (Lipinski definition) is 6. The van der Waals surface area contributed by atoms with Crippen molar-refractivity contribution in [2.75, 3.05) is 33.9 Å². The van der Waals surface area contributed by atoms with Crippen molar-refractivity contribution in [2.45, 2.75) is 19.3 Å². The Balaban J connectivity index is 1.64. The molecular formula is C23H24N2O5S. The van der Waals surface area contributed by atoms with Crippen LogP contribution in [-0.2, 0) is 9.59 Å². The molecular weight excluding hydrogens is 416 g/mol. The highest BCUT2D eigenvalue weighted by Crippen LogP contribution is 2.37. The lowest BCUT2D eigenvalue weighted by molar-refractivity contribution is -0.136. The fourth-order valence-corrected chi connectivity index (χ4v) is 4.72. The fraction of sp³-hybridized carbons (Fsp3) is 0.348. The molecule has 0 bridgehead atoms. The minimum atomic E-state index is -0.456. The number of amides is 3. The molecule has 2 aromatic rings. The van der Waals surface area contributed by atoms with Gasteiger partial charge in [-0.2, -0.15) is 0 Å². The lowest BCUT2D eigenvalue weighted by Gasteiger charge is -2.27. The number of nitrogens with zero attached hydrogens (tertiary/aromatic N) is 2. The highest BCUT2D eigenvalue weighted by molar-refractivity contribution is 8.18. The molecule has 0 aromatic heterocycles. The van der Waals surface area contributed by atoms with E-state index in [9.17, 15) is 14.4 Å². The zero-order valence-electron chi connectivity index (χ0n) is 17.6. The van der Waals surface area contributed by atoms with E-state index in [0.29, 0.717) is 30.2 Å². The predicted molar refractivity (Wildman–Crippen MR) is 120 cm³/mol. The molecule has 162 valence electrons. The van der Waals surface area contributed by atoms with Crippen LogP contribution < -0.4 is 9.47 Å². The number of carbonyl (C=O) groups excluding carboxylic acids is 3. The Morgan fingerprint density at radius 1 is 1.06 bits per heavy atom. The predicted octanol–water partition coefficient (Wildman–Crippen LogP) is 3.91. The van der Waals surface area contributed by atoms with E-state index < -0.39 is 11.1 Å². The molecule has 2 heterocycles. The summed E-state index contributed by atoms with van der Waals surface area (Å²) in [4.78, 5) is 41.1. The largest absolute Gasteiger partial charge is 0.497 e. The number of piperidine rings is 1. The number of likely N-dealkylation sites (tertiary alicyclic amines) is 1. The van der Waals surface area contributed by atoms with Gasteiger partial charge in [0.2, 0.25) is 5.91 Å². The number of rotatable bonds is 5. The Morgan fingerprint density at radius 2 is 1.81 bits per heavy atom. The van der Waals surface area contributed by atoms with Gasteiger partial charge in [0, 0.05) is 18.7 Å². The van der Waals surface area contributed by atoms with Gasteiger partial charge in [-0.25, -0.2) is 0 Å². The fourth-order valence-electron chi connectivity index (χ4n) is 3.90. The SMILES string of the molecule is COc1ccc2ccc(OC)c(/C=C3\SC(=O)N(CC(=O)N4CCCCC4)C3=O)c2c1. The van der Waals surface area contributed by atoms with Gasteiger partial charge in [-0.1, -0.05) is 12.1 Å². The number of imide groups is 1. The molecule has 4 rings (SSSR count). The standard InChI is InChI=1S/C23H24N2O5S/c1-29-16-8-6-15-7-9-19(30-2)18(17(15)12-16)13-20-22(27)25(23(28)31-20)14-21(26)24-10-4-3-5-11-24/h6-9,12-13H,3-5,10-11,14H2,1-2H3/b20-13-.